The lowest BCUT2D eigenvalue weighted by Gasteiger charge is -2.11. The molecule has 0 amide bonds. The molecule has 2 aromatic rings. The number of hydrogen-bond donors (Lipinski definition) is 2. The van der Waals surface area contributed by atoms with Gasteiger partial charge < -0.3 is 14.8 Å². The first-order valence-electron chi connectivity index (χ1n) is 5.64. The summed E-state index contributed by atoms with van der Waals surface area (Å²) in [6.07, 6.45) is 0.727. The van der Waals surface area contributed by atoms with Crippen LogP contribution in [0.25, 0.3) is 0 Å². The number of hydrogen-bond acceptors (Lipinski definition) is 5. The average Bonchev–Trinajstić information content (AvgIpc) is 2.98. The molecule has 0 aliphatic rings. The Morgan fingerprint density at radius 3 is 2.63 bits per heavy atom. The molecule has 1 aromatic heterocycles. The molecular formula is C14H11N3O2. The second-order valence-electron chi connectivity index (χ2n) is 3.90. The summed E-state index contributed by atoms with van der Waals surface area (Å²) in [6.45, 7) is 0.254. The minimum Gasteiger partial charge on any atom is -0.467 e. The molecule has 0 saturated carbocycles. The molecular weight excluding hydrogens is 242 g/mol. The molecule has 1 aromatic carbocycles. The Bertz CT molecular complexity index is 636. The van der Waals surface area contributed by atoms with E-state index >= 15 is 0 Å². The number of aliphatic hydroxyl groups excluding tert-OH is 1. The lowest BCUT2D eigenvalue weighted by Crippen LogP contribution is -2.11. The fraction of sp³-hybridized carbons (Fsp3) is 0.143. The first-order chi connectivity index (χ1) is 9.24. The summed E-state index contributed by atoms with van der Waals surface area (Å²) in [5.74, 6) is 0.474. The van der Waals surface area contributed by atoms with Crippen molar-refractivity contribution in [3.05, 3.63) is 53.5 Å². The maximum absolute atomic E-state index is 9.82. The van der Waals surface area contributed by atoms with Gasteiger partial charge in [-0.15, -0.1) is 0 Å². The number of rotatable bonds is 4. The van der Waals surface area contributed by atoms with Crippen molar-refractivity contribution in [1.29, 1.82) is 10.5 Å². The normalized spacial score (nSPS) is 11.3. The van der Waals surface area contributed by atoms with Crippen molar-refractivity contribution in [3.63, 3.8) is 0 Å². The quantitative estimate of drug-likeness (QED) is 0.870. The van der Waals surface area contributed by atoms with Crippen LogP contribution in [0.4, 0.5) is 5.69 Å². The number of nitrogens with zero attached hydrogens (tertiary/aromatic N) is 2. The maximum atomic E-state index is 9.82. The summed E-state index contributed by atoms with van der Waals surface area (Å²) in [4.78, 5) is 0. The Balaban J connectivity index is 2.05. The fourth-order valence-corrected chi connectivity index (χ4v) is 1.64. The van der Waals surface area contributed by atoms with E-state index < -0.39 is 6.10 Å². The zero-order chi connectivity index (χ0) is 13.7. The van der Waals surface area contributed by atoms with Crippen LogP contribution in [-0.2, 0) is 0 Å². The van der Waals surface area contributed by atoms with Crippen LogP contribution >= 0.6 is 0 Å². The van der Waals surface area contributed by atoms with E-state index in [9.17, 15) is 5.11 Å². The van der Waals surface area contributed by atoms with Crippen molar-refractivity contribution in [2.75, 3.05) is 11.9 Å². The van der Waals surface area contributed by atoms with E-state index in [1.165, 1.54) is 6.26 Å². The van der Waals surface area contributed by atoms with Crippen LogP contribution in [0, 0.1) is 22.7 Å². The Morgan fingerprint density at radius 1 is 1.21 bits per heavy atom. The van der Waals surface area contributed by atoms with E-state index in [2.05, 4.69) is 5.32 Å². The third-order valence-electron chi connectivity index (χ3n) is 2.63. The summed E-state index contributed by atoms with van der Waals surface area (Å²) in [6, 6.07) is 12.1. The molecule has 0 saturated heterocycles. The van der Waals surface area contributed by atoms with Gasteiger partial charge in [-0.05, 0) is 30.3 Å². The van der Waals surface area contributed by atoms with Crippen LogP contribution in [0.15, 0.2) is 41.0 Å². The Kier molecular flexibility index (Phi) is 3.82. The molecule has 0 bridgehead atoms. The largest absolute Gasteiger partial charge is 0.467 e. The van der Waals surface area contributed by atoms with E-state index in [0.717, 1.165) is 0 Å². The van der Waals surface area contributed by atoms with Crippen LogP contribution in [0.2, 0.25) is 0 Å². The van der Waals surface area contributed by atoms with Crippen molar-refractivity contribution in [1.82, 2.24) is 0 Å². The molecule has 0 aliphatic heterocycles. The summed E-state index contributed by atoms with van der Waals surface area (Å²) < 4.78 is 5.08. The number of anilines is 1. The van der Waals surface area contributed by atoms with Gasteiger partial charge in [0.15, 0.2) is 0 Å². The van der Waals surface area contributed by atoms with E-state index in [0.29, 0.717) is 22.6 Å². The molecule has 0 aliphatic carbocycles. The third kappa shape index (κ3) is 2.92. The van der Waals surface area contributed by atoms with Crippen molar-refractivity contribution < 1.29 is 9.52 Å². The number of benzene rings is 1. The maximum Gasteiger partial charge on any atom is 0.134 e. The van der Waals surface area contributed by atoms with Gasteiger partial charge in [-0.3, -0.25) is 0 Å². The fourth-order valence-electron chi connectivity index (χ4n) is 1.64. The molecule has 19 heavy (non-hydrogen) atoms. The van der Waals surface area contributed by atoms with Gasteiger partial charge in [0, 0.05) is 12.2 Å². The van der Waals surface area contributed by atoms with E-state index in [1.807, 2.05) is 12.1 Å². The molecule has 1 unspecified atom stereocenters. The lowest BCUT2D eigenvalue weighted by molar-refractivity contribution is 0.162. The summed E-state index contributed by atoms with van der Waals surface area (Å²) in [5.41, 5.74) is 1.31. The number of aliphatic hydroxyl groups is 1. The molecule has 2 N–H and O–H groups in total. The smallest absolute Gasteiger partial charge is 0.134 e. The molecule has 2 rings (SSSR count). The van der Waals surface area contributed by atoms with Gasteiger partial charge in [0.2, 0.25) is 0 Å². The lowest BCUT2D eigenvalue weighted by atomic mass is 10.1. The highest BCUT2D eigenvalue weighted by molar-refractivity contribution is 5.56. The van der Waals surface area contributed by atoms with E-state index in [1.54, 1.807) is 30.3 Å². The van der Waals surface area contributed by atoms with E-state index in [4.69, 9.17) is 14.9 Å². The highest BCUT2D eigenvalue weighted by atomic mass is 16.4. The Hall–Kier alpha value is -2.76. The molecule has 5 nitrogen and oxygen atoms in total. The average molecular weight is 253 g/mol. The van der Waals surface area contributed by atoms with Crippen molar-refractivity contribution in [3.8, 4) is 12.1 Å². The SMILES string of the molecule is N#Cc1ccc(NCC(O)c2ccco2)cc1C#N. The topological polar surface area (TPSA) is 93.0 Å². The van der Waals surface area contributed by atoms with Gasteiger partial charge in [0.1, 0.15) is 24.0 Å². The minimum atomic E-state index is -0.767. The Morgan fingerprint density at radius 2 is 2.00 bits per heavy atom. The monoisotopic (exact) mass is 253 g/mol. The summed E-state index contributed by atoms with van der Waals surface area (Å²) >= 11 is 0. The predicted molar refractivity (Wildman–Crippen MR) is 68.0 cm³/mol. The van der Waals surface area contributed by atoms with Gasteiger partial charge in [-0.1, -0.05) is 0 Å². The van der Waals surface area contributed by atoms with Crippen LogP contribution in [0.1, 0.15) is 23.0 Å². The third-order valence-corrected chi connectivity index (χ3v) is 2.63. The molecule has 0 fully saturated rings. The zero-order valence-corrected chi connectivity index (χ0v) is 10.00. The van der Waals surface area contributed by atoms with Crippen molar-refractivity contribution in [2.45, 2.75) is 6.10 Å². The summed E-state index contributed by atoms with van der Waals surface area (Å²) in [7, 11) is 0. The second kappa shape index (κ2) is 5.72. The minimum absolute atomic E-state index is 0.254. The molecule has 0 radical (unpaired) electrons. The van der Waals surface area contributed by atoms with Crippen LogP contribution < -0.4 is 5.32 Å². The van der Waals surface area contributed by atoms with Crippen molar-refractivity contribution in [2.24, 2.45) is 0 Å². The predicted octanol–water partition coefficient (Wildman–Crippen LogP) is 2.17. The standard InChI is InChI=1S/C14H11N3O2/c15-7-10-3-4-12(6-11(10)8-16)17-9-13(18)14-2-1-5-19-14/h1-6,13,17-18H,9H2. The number of nitriles is 2. The van der Waals surface area contributed by atoms with Gasteiger partial charge in [-0.25, -0.2) is 0 Å². The first kappa shape index (κ1) is 12.7. The number of furan rings is 1. The molecule has 94 valence electrons. The summed E-state index contributed by atoms with van der Waals surface area (Å²) in [5, 5.41) is 30.5. The first-order valence-corrected chi connectivity index (χ1v) is 5.64. The molecule has 1 atom stereocenters. The molecule has 5 heteroatoms. The van der Waals surface area contributed by atoms with Crippen LogP contribution in [0.5, 0.6) is 0 Å². The Labute approximate surface area is 110 Å². The highest BCUT2D eigenvalue weighted by Gasteiger charge is 2.10. The van der Waals surface area contributed by atoms with Crippen LogP contribution in [0.3, 0.4) is 0 Å². The zero-order valence-electron chi connectivity index (χ0n) is 10.00. The molecule has 1 heterocycles. The number of nitrogens with one attached hydrogen (secondary N) is 1. The van der Waals surface area contributed by atoms with E-state index in [-0.39, 0.29) is 6.54 Å². The van der Waals surface area contributed by atoms with Crippen molar-refractivity contribution >= 4 is 5.69 Å². The van der Waals surface area contributed by atoms with Crippen LogP contribution in [-0.4, -0.2) is 11.7 Å². The molecule has 0 spiro atoms. The van der Waals surface area contributed by atoms with Gasteiger partial charge in [-0.2, -0.15) is 10.5 Å². The van der Waals surface area contributed by atoms with Gasteiger partial charge >= 0.3 is 0 Å². The second-order valence-corrected chi connectivity index (χ2v) is 3.90. The highest BCUT2D eigenvalue weighted by Crippen LogP contribution is 2.17. The van der Waals surface area contributed by atoms with Gasteiger partial charge in [0.05, 0.1) is 17.4 Å². The van der Waals surface area contributed by atoms with Gasteiger partial charge in [0.25, 0.3) is 0 Å².